The van der Waals surface area contributed by atoms with Crippen LogP contribution in [-0.4, -0.2) is 35.6 Å². The zero-order valence-electron chi connectivity index (χ0n) is 18.1. The van der Waals surface area contributed by atoms with Gasteiger partial charge in [-0.05, 0) is 37.0 Å². The smallest absolute Gasteiger partial charge is 0.305 e. The summed E-state index contributed by atoms with van der Waals surface area (Å²) < 4.78 is 4.76. The minimum atomic E-state index is -0.222. The molecule has 2 aliphatic heterocycles. The van der Waals surface area contributed by atoms with Gasteiger partial charge in [0.05, 0.1) is 12.8 Å². The molecule has 2 heterocycles. The van der Waals surface area contributed by atoms with Crippen molar-refractivity contribution in [3.05, 3.63) is 11.4 Å². The molecule has 1 saturated heterocycles. The lowest BCUT2D eigenvalue weighted by molar-refractivity contribution is -0.142. The van der Waals surface area contributed by atoms with Crippen LogP contribution >= 0.6 is 11.6 Å². The number of methoxy groups -OCH3 is 1. The van der Waals surface area contributed by atoms with E-state index in [9.17, 15) is 9.59 Å². The summed E-state index contributed by atoms with van der Waals surface area (Å²) in [6, 6.07) is 0. The van der Waals surface area contributed by atoms with Gasteiger partial charge in [0.25, 0.3) is 0 Å². The molecular formula is C22H35ClN2O3. The van der Waals surface area contributed by atoms with E-state index in [0.717, 1.165) is 37.2 Å². The maximum atomic E-state index is 13.6. The van der Waals surface area contributed by atoms with Crippen LogP contribution < -0.4 is 0 Å². The Hall–Kier alpha value is -1.36. The van der Waals surface area contributed by atoms with Gasteiger partial charge < -0.3 is 9.64 Å². The Labute approximate surface area is 174 Å². The molecule has 1 amide bonds. The molecule has 28 heavy (non-hydrogen) atoms. The van der Waals surface area contributed by atoms with E-state index in [-0.39, 0.29) is 29.6 Å². The van der Waals surface area contributed by atoms with Crippen LogP contribution in [0.1, 0.15) is 66.7 Å². The number of carbonyl (C=O) groups excluding carboxylic acids is 2. The van der Waals surface area contributed by atoms with Crippen molar-refractivity contribution in [1.82, 2.24) is 4.90 Å². The largest absolute Gasteiger partial charge is 0.469 e. The summed E-state index contributed by atoms with van der Waals surface area (Å²) in [5, 5.41) is 0.638. The minimum Gasteiger partial charge on any atom is -0.469 e. The fourth-order valence-electron chi connectivity index (χ4n) is 4.49. The van der Waals surface area contributed by atoms with Crippen molar-refractivity contribution >= 4 is 28.6 Å². The van der Waals surface area contributed by atoms with Gasteiger partial charge in [0.1, 0.15) is 5.17 Å². The maximum absolute atomic E-state index is 13.6. The number of amides is 1. The fourth-order valence-corrected chi connectivity index (χ4v) is 4.83. The van der Waals surface area contributed by atoms with Crippen LogP contribution in [0.2, 0.25) is 0 Å². The van der Waals surface area contributed by atoms with Crippen molar-refractivity contribution in [2.45, 2.75) is 66.7 Å². The number of carbonyl (C=O) groups is 2. The lowest BCUT2D eigenvalue weighted by atomic mass is 9.80. The van der Waals surface area contributed by atoms with E-state index in [1.807, 2.05) is 4.90 Å². The van der Waals surface area contributed by atoms with E-state index < -0.39 is 0 Å². The second-order valence-electron chi connectivity index (χ2n) is 8.75. The number of likely N-dealkylation sites (tertiary alicyclic amines) is 1. The van der Waals surface area contributed by atoms with Crippen molar-refractivity contribution in [1.29, 1.82) is 0 Å². The highest BCUT2D eigenvalue weighted by Gasteiger charge is 2.37. The molecule has 0 saturated carbocycles. The monoisotopic (exact) mass is 410 g/mol. The predicted molar refractivity (Wildman–Crippen MR) is 113 cm³/mol. The molecule has 0 N–H and O–H groups in total. The third-order valence-corrected chi connectivity index (χ3v) is 6.59. The Morgan fingerprint density at radius 1 is 1.29 bits per heavy atom. The molecule has 1 fully saturated rings. The van der Waals surface area contributed by atoms with Gasteiger partial charge in [-0.3, -0.25) is 9.59 Å². The summed E-state index contributed by atoms with van der Waals surface area (Å²) in [7, 11) is 1.40. The average molecular weight is 411 g/mol. The number of allylic oxidation sites excluding steroid dienone is 2. The van der Waals surface area contributed by atoms with Crippen LogP contribution in [0.4, 0.5) is 0 Å². The van der Waals surface area contributed by atoms with Gasteiger partial charge in [0, 0.05) is 36.9 Å². The van der Waals surface area contributed by atoms with Crippen molar-refractivity contribution in [3.63, 3.8) is 0 Å². The molecule has 0 spiro atoms. The first-order chi connectivity index (χ1) is 13.2. The standard InChI is InChI=1S/C22H35ClN2O3/c1-13(2)20(14(3)9-10-19(26)28-6)22(27)25-11-7-8-17(25)21-16(5)15(4)12-18(23)24-21/h13-16,20H,7-12H2,1-6H3/b21-17-. The molecular weight excluding hydrogens is 376 g/mol. The van der Waals surface area contributed by atoms with Gasteiger partial charge in [0.15, 0.2) is 0 Å². The SMILES string of the molecule is COC(=O)CCC(C)C(C(=O)N1CCC/C1=C1/N=C(Cl)CC(C)C1C)C(C)C. The Bertz CT molecular complexity index is 656. The predicted octanol–water partition coefficient (Wildman–Crippen LogP) is 5.00. The summed E-state index contributed by atoms with van der Waals surface area (Å²) >= 11 is 6.29. The van der Waals surface area contributed by atoms with Gasteiger partial charge in [-0.25, -0.2) is 4.99 Å². The molecule has 0 bridgehead atoms. The second kappa shape index (κ2) is 9.91. The highest BCUT2D eigenvalue weighted by molar-refractivity contribution is 6.65. The molecule has 4 unspecified atom stereocenters. The molecule has 2 rings (SSSR count). The van der Waals surface area contributed by atoms with Gasteiger partial charge in [-0.2, -0.15) is 0 Å². The first-order valence-electron chi connectivity index (χ1n) is 10.5. The molecule has 0 aromatic carbocycles. The van der Waals surface area contributed by atoms with E-state index >= 15 is 0 Å². The highest BCUT2D eigenvalue weighted by atomic mass is 35.5. The van der Waals surface area contributed by atoms with E-state index in [0.29, 0.717) is 29.8 Å². The molecule has 0 aliphatic carbocycles. The maximum Gasteiger partial charge on any atom is 0.305 e. The molecule has 158 valence electrons. The zero-order chi connectivity index (χ0) is 21.0. The quantitative estimate of drug-likeness (QED) is 0.579. The van der Waals surface area contributed by atoms with E-state index in [2.05, 4.69) is 39.6 Å². The third kappa shape index (κ3) is 5.16. The molecule has 0 aromatic heterocycles. The summed E-state index contributed by atoms with van der Waals surface area (Å²) in [6.07, 6.45) is 3.62. The number of rotatable bonds is 6. The molecule has 0 radical (unpaired) electrons. The summed E-state index contributed by atoms with van der Waals surface area (Å²) in [5.41, 5.74) is 2.03. The van der Waals surface area contributed by atoms with Crippen molar-refractivity contribution < 1.29 is 14.3 Å². The first kappa shape index (κ1) is 22.9. The molecule has 2 aliphatic rings. The number of esters is 1. The van der Waals surface area contributed by atoms with E-state index in [1.165, 1.54) is 7.11 Å². The molecule has 5 nitrogen and oxygen atoms in total. The highest BCUT2D eigenvalue weighted by Crippen LogP contribution is 2.39. The average Bonchev–Trinajstić information content (AvgIpc) is 3.11. The zero-order valence-corrected chi connectivity index (χ0v) is 18.9. The number of hydrogen-bond acceptors (Lipinski definition) is 4. The van der Waals surface area contributed by atoms with Crippen molar-refractivity contribution in [3.8, 4) is 0 Å². The van der Waals surface area contributed by atoms with Crippen LogP contribution in [0.25, 0.3) is 0 Å². The van der Waals surface area contributed by atoms with Gasteiger partial charge in [-0.15, -0.1) is 0 Å². The summed E-state index contributed by atoms with van der Waals surface area (Å²) in [4.78, 5) is 31.7. The van der Waals surface area contributed by atoms with Gasteiger partial charge in [0.2, 0.25) is 5.91 Å². The lowest BCUT2D eigenvalue weighted by Gasteiger charge is -2.33. The summed E-state index contributed by atoms with van der Waals surface area (Å²) in [5.74, 6) is 0.818. The Morgan fingerprint density at radius 2 is 1.96 bits per heavy atom. The fraction of sp³-hybridized carbons (Fsp3) is 0.773. The first-order valence-corrected chi connectivity index (χ1v) is 10.9. The number of nitrogens with zero attached hydrogens (tertiary/aromatic N) is 2. The Morgan fingerprint density at radius 3 is 2.57 bits per heavy atom. The number of ether oxygens (including phenoxy) is 1. The summed E-state index contributed by atoms with van der Waals surface area (Å²) in [6.45, 7) is 11.3. The molecule has 6 heteroatoms. The minimum absolute atomic E-state index is 0.105. The van der Waals surface area contributed by atoms with Crippen LogP contribution in [0.3, 0.4) is 0 Å². The van der Waals surface area contributed by atoms with Gasteiger partial charge in [-0.1, -0.05) is 46.2 Å². The topological polar surface area (TPSA) is 59.0 Å². The second-order valence-corrected chi connectivity index (χ2v) is 9.18. The third-order valence-electron chi connectivity index (χ3n) is 6.35. The Kier molecular flexibility index (Phi) is 8.11. The normalized spacial score (nSPS) is 27.6. The molecule has 4 atom stereocenters. The Balaban J connectivity index is 2.27. The van der Waals surface area contributed by atoms with Crippen LogP contribution in [0.15, 0.2) is 16.4 Å². The van der Waals surface area contributed by atoms with Gasteiger partial charge >= 0.3 is 5.97 Å². The van der Waals surface area contributed by atoms with Crippen LogP contribution in [-0.2, 0) is 14.3 Å². The number of aliphatic imine (C=N–C) groups is 1. The van der Waals surface area contributed by atoms with Crippen LogP contribution in [0.5, 0.6) is 0 Å². The van der Waals surface area contributed by atoms with E-state index in [4.69, 9.17) is 16.3 Å². The number of halogens is 1. The molecule has 0 aromatic rings. The van der Waals surface area contributed by atoms with E-state index in [1.54, 1.807) is 0 Å². The van der Waals surface area contributed by atoms with Crippen LogP contribution in [0, 0.1) is 29.6 Å². The lowest BCUT2D eigenvalue weighted by Crippen LogP contribution is -2.39. The number of hydrogen-bond donors (Lipinski definition) is 0. The van der Waals surface area contributed by atoms with Crippen molar-refractivity contribution in [2.75, 3.05) is 13.7 Å². The van der Waals surface area contributed by atoms with Crippen molar-refractivity contribution in [2.24, 2.45) is 34.6 Å².